The lowest BCUT2D eigenvalue weighted by molar-refractivity contribution is -0.137. The summed E-state index contributed by atoms with van der Waals surface area (Å²) in [5.41, 5.74) is 1.07. The molecule has 1 aromatic heterocycles. The van der Waals surface area contributed by atoms with Gasteiger partial charge in [0.15, 0.2) is 0 Å². The molecule has 5 rings (SSSR count). The van der Waals surface area contributed by atoms with Gasteiger partial charge in [0.05, 0.1) is 23.4 Å². The third kappa shape index (κ3) is 4.54. The van der Waals surface area contributed by atoms with E-state index < -0.39 is 0 Å². The Morgan fingerprint density at radius 3 is 2.60 bits per heavy atom. The van der Waals surface area contributed by atoms with Crippen LogP contribution >= 0.6 is 0 Å². The fraction of sp³-hybridized carbons (Fsp3) is 0.286. The Kier molecular flexibility index (Phi) is 6.31. The number of hydrogen-bond acceptors (Lipinski definition) is 4. The Labute approximate surface area is 203 Å². The average Bonchev–Trinajstić information content (AvgIpc) is 2.90. The number of nitrogens with zero attached hydrogens (tertiary/aromatic N) is 3. The molecule has 1 fully saturated rings. The van der Waals surface area contributed by atoms with E-state index in [0.717, 1.165) is 23.6 Å². The highest BCUT2D eigenvalue weighted by atomic mass is 16.2. The lowest BCUT2D eigenvalue weighted by atomic mass is 9.95. The Balaban J connectivity index is 1.33. The molecule has 4 aromatic rings. The molecule has 1 aliphatic heterocycles. The van der Waals surface area contributed by atoms with Crippen molar-refractivity contribution in [2.75, 3.05) is 19.6 Å². The fourth-order valence-corrected chi connectivity index (χ4v) is 4.94. The van der Waals surface area contributed by atoms with E-state index >= 15 is 0 Å². The van der Waals surface area contributed by atoms with Gasteiger partial charge in [0.2, 0.25) is 5.91 Å². The van der Waals surface area contributed by atoms with Crippen molar-refractivity contribution >= 4 is 33.5 Å². The molecule has 7 nitrogen and oxygen atoms in total. The highest BCUT2D eigenvalue weighted by Gasteiger charge is 2.32. The van der Waals surface area contributed by atoms with Crippen LogP contribution in [-0.2, 0) is 11.3 Å². The molecule has 1 unspecified atom stereocenters. The maximum Gasteiger partial charge on any atom is 0.258 e. The third-order valence-electron chi connectivity index (χ3n) is 6.77. The first kappa shape index (κ1) is 22.8. The summed E-state index contributed by atoms with van der Waals surface area (Å²) in [6.45, 7) is 3.65. The molecule has 2 amide bonds. The van der Waals surface area contributed by atoms with Crippen molar-refractivity contribution in [3.63, 3.8) is 0 Å². The van der Waals surface area contributed by atoms with Gasteiger partial charge in [-0.2, -0.15) is 0 Å². The van der Waals surface area contributed by atoms with Crippen LogP contribution in [0.1, 0.15) is 35.9 Å². The summed E-state index contributed by atoms with van der Waals surface area (Å²) in [5, 5.41) is 2.48. The second-order valence-electron chi connectivity index (χ2n) is 9.00. The predicted molar refractivity (Wildman–Crippen MR) is 136 cm³/mol. The molecule has 0 radical (unpaired) electrons. The minimum Gasteiger partial charge on any atom is -0.338 e. The maximum atomic E-state index is 13.5. The topological polar surface area (TPSA) is 86.4 Å². The first-order valence-corrected chi connectivity index (χ1v) is 12.1. The number of piperidine rings is 1. The minimum absolute atomic E-state index is 0.0151. The van der Waals surface area contributed by atoms with Crippen molar-refractivity contribution in [1.29, 1.82) is 0 Å². The minimum atomic E-state index is -0.283. The molecule has 1 saturated heterocycles. The van der Waals surface area contributed by atoms with Crippen LogP contribution in [0.25, 0.3) is 21.7 Å². The number of carbonyl (C=O) groups is 2. The number of amides is 2. The van der Waals surface area contributed by atoms with E-state index in [-0.39, 0.29) is 29.8 Å². The standard InChI is InChI=1S/C28H28N4O3/c1-2-31(18-25-29-24-15-6-5-13-23(24)26(33)30-25)27(34)20-11-8-16-32(17-20)28(35)22-14-7-10-19-9-3-4-12-21(19)22/h3-7,9-10,12-15,20H,2,8,11,16-18H2,1H3,(H,29,30,33). The molecule has 1 atom stereocenters. The average molecular weight is 469 g/mol. The van der Waals surface area contributed by atoms with Gasteiger partial charge in [-0.05, 0) is 48.7 Å². The number of rotatable bonds is 5. The zero-order valence-electron chi connectivity index (χ0n) is 19.7. The summed E-state index contributed by atoms with van der Waals surface area (Å²) in [5.74, 6) is 0.125. The summed E-state index contributed by atoms with van der Waals surface area (Å²) >= 11 is 0. The summed E-state index contributed by atoms with van der Waals surface area (Å²) in [6.07, 6.45) is 1.51. The second kappa shape index (κ2) is 9.70. The maximum absolute atomic E-state index is 13.5. The summed E-state index contributed by atoms with van der Waals surface area (Å²) in [7, 11) is 0. The number of fused-ring (bicyclic) bond motifs is 2. The van der Waals surface area contributed by atoms with Crippen LogP contribution in [0.15, 0.2) is 71.5 Å². The van der Waals surface area contributed by atoms with Crippen LogP contribution in [-0.4, -0.2) is 51.2 Å². The number of aromatic amines is 1. The van der Waals surface area contributed by atoms with Crippen molar-refractivity contribution in [3.8, 4) is 0 Å². The monoisotopic (exact) mass is 468 g/mol. The highest BCUT2D eigenvalue weighted by molar-refractivity contribution is 6.07. The van der Waals surface area contributed by atoms with Crippen LogP contribution in [0.5, 0.6) is 0 Å². The Bertz CT molecular complexity index is 1460. The van der Waals surface area contributed by atoms with E-state index in [2.05, 4.69) is 9.97 Å². The quantitative estimate of drug-likeness (QED) is 0.480. The largest absolute Gasteiger partial charge is 0.338 e. The molecule has 1 N–H and O–H groups in total. The van der Waals surface area contributed by atoms with Gasteiger partial charge in [-0.1, -0.05) is 48.5 Å². The molecule has 35 heavy (non-hydrogen) atoms. The van der Waals surface area contributed by atoms with Gasteiger partial charge in [0.25, 0.3) is 11.5 Å². The number of carbonyl (C=O) groups excluding carboxylic acids is 2. The molecule has 3 aromatic carbocycles. The summed E-state index contributed by atoms with van der Waals surface area (Å²) < 4.78 is 0. The van der Waals surface area contributed by atoms with Crippen molar-refractivity contribution in [3.05, 3.63) is 88.5 Å². The normalized spacial score (nSPS) is 15.9. The molecular weight excluding hydrogens is 440 g/mol. The Morgan fingerprint density at radius 1 is 1.03 bits per heavy atom. The summed E-state index contributed by atoms with van der Waals surface area (Å²) in [6, 6.07) is 20.8. The fourth-order valence-electron chi connectivity index (χ4n) is 4.94. The lowest BCUT2D eigenvalue weighted by Crippen LogP contribution is -2.46. The molecule has 0 bridgehead atoms. The first-order chi connectivity index (χ1) is 17.0. The van der Waals surface area contributed by atoms with Crippen LogP contribution in [0.3, 0.4) is 0 Å². The number of likely N-dealkylation sites (tertiary alicyclic amines) is 1. The number of aromatic nitrogens is 2. The number of hydrogen-bond donors (Lipinski definition) is 1. The van der Waals surface area contributed by atoms with E-state index in [1.54, 1.807) is 28.0 Å². The number of para-hydroxylation sites is 1. The molecule has 178 valence electrons. The van der Waals surface area contributed by atoms with Gasteiger partial charge in [0.1, 0.15) is 5.82 Å². The van der Waals surface area contributed by atoms with Gasteiger partial charge < -0.3 is 14.8 Å². The van der Waals surface area contributed by atoms with Crippen molar-refractivity contribution in [1.82, 2.24) is 19.8 Å². The van der Waals surface area contributed by atoms with Crippen LogP contribution in [0, 0.1) is 5.92 Å². The van der Waals surface area contributed by atoms with Crippen molar-refractivity contribution in [2.45, 2.75) is 26.3 Å². The third-order valence-corrected chi connectivity index (χ3v) is 6.77. The van der Waals surface area contributed by atoms with Crippen LogP contribution < -0.4 is 5.56 Å². The Morgan fingerprint density at radius 2 is 1.77 bits per heavy atom. The van der Waals surface area contributed by atoms with Gasteiger partial charge in [0, 0.05) is 25.2 Å². The summed E-state index contributed by atoms with van der Waals surface area (Å²) in [4.78, 5) is 50.2. The van der Waals surface area contributed by atoms with Crippen molar-refractivity contribution < 1.29 is 9.59 Å². The SMILES string of the molecule is CCN(Cc1nc2ccccc2c(=O)[nH]1)C(=O)C1CCCN(C(=O)c2cccc3ccccc23)C1. The van der Waals surface area contributed by atoms with E-state index in [1.165, 1.54) is 0 Å². The van der Waals surface area contributed by atoms with Gasteiger partial charge in [-0.15, -0.1) is 0 Å². The van der Waals surface area contributed by atoms with E-state index in [0.29, 0.717) is 41.9 Å². The smallest absolute Gasteiger partial charge is 0.258 e. The highest BCUT2D eigenvalue weighted by Crippen LogP contribution is 2.25. The van der Waals surface area contributed by atoms with Crippen LogP contribution in [0.4, 0.5) is 0 Å². The lowest BCUT2D eigenvalue weighted by Gasteiger charge is -2.35. The zero-order chi connectivity index (χ0) is 24.4. The molecular formula is C28H28N4O3. The number of H-pyrrole nitrogens is 1. The number of nitrogens with one attached hydrogen (secondary N) is 1. The number of benzene rings is 3. The molecule has 2 heterocycles. The van der Waals surface area contributed by atoms with Gasteiger partial charge in [-0.25, -0.2) is 4.98 Å². The van der Waals surface area contributed by atoms with E-state index in [4.69, 9.17) is 0 Å². The molecule has 1 aliphatic rings. The zero-order valence-corrected chi connectivity index (χ0v) is 19.7. The van der Waals surface area contributed by atoms with Gasteiger partial charge >= 0.3 is 0 Å². The molecule has 7 heteroatoms. The van der Waals surface area contributed by atoms with E-state index in [1.807, 2.05) is 55.5 Å². The van der Waals surface area contributed by atoms with Crippen LogP contribution in [0.2, 0.25) is 0 Å². The Hall–Kier alpha value is -4.00. The van der Waals surface area contributed by atoms with Gasteiger partial charge in [-0.3, -0.25) is 14.4 Å². The molecule has 0 saturated carbocycles. The predicted octanol–water partition coefficient (Wildman–Crippen LogP) is 3.98. The molecule has 0 aliphatic carbocycles. The second-order valence-corrected chi connectivity index (χ2v) is 9.00. The van der Waals surface area contributed by atoms with E-state index in [9.17, 15) is 14.4 Å². The molecule has 0 spiro atoms. The first-order valence-electron chi connectivity index (χ1n) is 12.1. The van der Waals surface area contributed by atoms with Crippen molar-refractivity contribution in [2.24, 2.45) is 5.92 Å².